The van der Waals surface area contributed by atoms with Crippen molar-refractivity contribution in [2.45, 2.75) is 45.1 Å². The van der Waals surface area contributed by atoms with Crippen molar-refractivity contribution in [2.75, 3.05) is 17.6 Å². The molecule has 0 spiro atoms. The van der Waals surface area contributed by atoms with Crippen molar-refractivity contribution >= 4 is 11.8 Å². The minimum Gasteiger partial charge on any atom is -0.474 e. The van der Waals surface area contributed by atoms with E-state index in [0.717, 1.165) is 31.6 Å². The zero-order valence-electron chi connectivity index (χ0n) is 10.3. The molecule has 0 radical (unpaired) electrons. The molecule has 3 N–H and O–H groups in total. The highest BCUT2D eigenvalue weighted by molar-refractivity contribution is 5.42. The molecule has 0 amide bonds. The fourth-order valence-corrected chi connectivity index (χ4v) is 2.02. The maximum atomic E-state index is 5.81. The van der Waals surface area contributed by atoms with Gasteiger partial charge in [-0.05, 0) is 32.1 Å². The molecular formula is C12H20N4O. The third-order valence-corrected chi connectivity index (χ3v) is 2.87. The summed E-state index contributed by atoms with van der Waals surface area (Å²) in [6.07, 6.45) is 6.05. The molecule has 0 unspecified atom stereocenters. The normalized spacial score (nSPS) is 16.1. The van der Waals surface area contributed by atoms with Crippen molar-refractivity contribution in [1.82, 2.24) is 9.97 Å². The van der Waals surface area contributed by atoms with Crippen LogP contribution in [0.2, 0.25) is 0 Å². The van der Waals surface area contributed by atoms with Gasteiger partial charge in [0.1, 0.15) is 11.9 Å². The van der Waals surface area contributed by atoms with Crippen LogP contribution >= 0.6 is 0 Å². The van der Waals surface area contributed by atoms with Crippen molar-refractivity contribution in [1.29, 1.82) is 0 Å². The summed E-state index contributed by atoms with van der Waals surface area (Å²) in [5, 5.41) is 3.19. The number of hydrogen-bond donors (Lipinski definition) is 2. The van der Waals surface area contributed by atoms with Crippen LogP contribution in [-0.2, 0) is 0 Å². The van der Waals surface area contributed by atoms with Crippen LogP contribution in [0.4, 0.5) is 11.8 Å². The van der Waals surface area contributed by atoms with Gasteiger partial charge in [0.25, 0.3) is 0 Å². The van der Waals surface area contributed by atoms with Gasteiger partial charge >= 0.3 is 0 Å². The van der Waals surface area contributed by atoms with Crippen LogP contribution in [0.25, 0.3) is 0 Å². The highest BCUT2D eigenvalue weighted by Crippen LogP contribution is 2.24. The Bertz CT molecular complexity index is 364. The Morgan fingerprint density at radius 1 is 1.41 bits per heavy atom. The quantitative estimate of drug-likeness (QED) is 0.820. The first-order valence-corrected chi connectivity index (χ1v) is 6.33. The molecule has 1 aromatic heterocycles. The van der Waals surface area contributed by atoms with Crippen LogP contribution < -0.4 is 15.8 Å². The monoisotopic (exact) mass is 236 g/mol. The second-order valence-electron chi connectivity index (χ2n) is 4.40. The maximum Gasteiger partial charge on any atom is 0.225 e. The number of hydrogen-bond acceptors (Lipinski definition) is 5. The Kier molecular flexibility index (Phi) is 4.01. The number of anilines is 2. The number of nitrogens with two attached hydrogens (primary N) is 1. The lowest BCUT2D eigenvalue weighted by Gasteiger charge is -2.13. The molecule has 5 heteroatoms. The largest absolute Gasteiger partial charge is 0.474 e. The van der Waals surface area contributed by atoms with Crippen LogP contribution in [0, 0.1) is 0 Å². The fourth-order valence-electron chi connectivity index (χ4n) is 2.02. The highest BCUT2D eigenvalue weighted by atomic mass is 16.5. The Morgan fingerprint density at radius 2 is 2.18 bits per heavy atom. The number of aromatic nitrogens is 2. The van der Waals surface area contributed by atoms with Crippen LogP contribution in [-0.4, -0.2) is 22.6 Å². The number of ether oxygens (including phenoxy) is 1. The van der Waals surface area contributed by atoms with Crippen LogP contribution in [0.15, 0.2) is 6.07 Å². The summed E-state index contributed by atoms with van der Waals surface area (Å²) in [5.41, 5.74) is 5.66. The predicted octanol–water partition coefficient (Wildman–Crippen LogP) is 2.20. The summed E-state index contributed by atoms with van der Waals surface area (Å²) in [5.74, 6) is 1.59. The average molecular weight is 236 g/mol. The lowest BCUT2D eigenvalue weighted by Crippen LogP contribution is -2.13. The molecule has 0 bridgehead atoms. The molecule has 0 aliphatic heterocycles. The molecule has 1 aliphatic rings. The summed E-state index contributed by atoms with van der Waals surface area (Å²) < 4.78 is 5.81. The molecule has 1 heterocycles. The van der Waals surface area contributed by atoms with Crippen molar-refractivity contribution in [2.24, 2.45) is 0 Å². The van der Waals surface area contributed by atoms with E-state index in [0.29, 0.717) is 12.0 Å². The van der Waals surface area contributed by atoms with Gasteiger partial charge in [-0.15, -0.1) is 0 Å². The summed E-state index contributed by atoms with van der Waals surface area (Å²) >= 11 is 0. The van der Waals surface area contributed by atoms with Gasteiger partial charge in [0.2, 0.25) is 11.8 Å². The molecule has 0 aromatic carbocycles. The van der Waals surface area contributed by atoms with Crippen molar-refractivity contribution < 1.29 is 4.74 Å². The number of nitrogens with one attached hydrogen (secondary N) is 1. The summed E-state index contributed by atoms with van der Waals surface area (Å²) in [6.45, 7) is 2.98. The predicted molar refractivity (Wildman–Crippen MR) is 68.1 cm³/mol. The first-order valence-electron chi connectivity index (χ1n) is 6.33. The van der Waals surface area contributed by atoms with Gasteiger partial charge in [0.05, 0.1) is 0 Å². The SMILES string of the molecule is CCCNc1cc(OC2CCCC2)nc(N)n1. The van der Waals surface area contributed by atoms with E-state index in [1.54, 1.807) is 0 Å². The Morgan fingerprint density at radius 3 is 2.88 bits per heavy atom. The van der Waals surface area contributed by atoms with Crippen LogP contribution in [0.1, 0.15) is 39.0 Å². The maximum absolute atomic E-state index is 5.81. The van der Waals surface area contributed by atoms with E-state index >= 15 is 0 Å². The van der Waals surface area contributed by atoms with E-state index in [4.69, 9.17) is 10.5 Å². The molecule has 1 aromatic rings. The van der Waals surface area contributed by atoms with Crippen molar-refractivity contribution in [3.05, 3.63) is 6.07 Å². The minimum absolute atomic E-state index is 0.263. The van der Waals surface area contributed by atoms with Crippen LogP contribution in [0.5, 0.6) is 5.88 Å². The molecule has 1 aliphatic carbocycles. The number of nitrogen functional groups attached to an aromatic ring is 1. The number of nitrogens with zero attached hydrogens (tertiary/aromatic N) is 2. The standard InChI is InChI=1S/C12H20N4O/c1-2-7-14-10-8-11(16-12(13)15-10)17-9-5-3-4-6-9/h8-9H,2-7H2,1H3,(H3,13,14,15,16). The zero-order valence-corrected chi connectivity index (χ0v) is 10.3. The summed E-state index contributed by atoms with van der Waals surface area (Å²) in [4.78, 5) is 8.23. The molecule has 2 rings (SSSR count). The van der Waals surface area contributed by atoms with E-state index in [-0.39, 0.29) is 5.95 Å². The smallest absolute Gasteiger partial charge is 0.225 e. The van der Waals surface area contributed by atoms with Gasteiger partial charge in [0.15, 0.2) is 0 Å². The summed E-state index contributed by atoms with van der Waals surface area (Å²) in [7, 11) is 0. The van der Waals surface area contributed by atoms with Gasteiger partial charge in [-0.1, -0.05) is 6.92 Å². The average Bonchev–Trinajstić information content (AvgIpc) is 2.78. The molecular weight excluding hydrogens is 216 g/mol. The molecule has 17 heavy (non-hydrogen) atoms. The third-order valence-electron chi connectivity index (χ3n) is 2.87. The summed E-state index contributed by atoms with van der Waals surface area (Å²) in [6, 6.07) is 1.82. The first-order chi connectivity index (χ1) is 8.28. The van der Waals surface area contributed by atoms with Gasteiger partial charge in [-0.3, -0.25) is 0 Å². The molecule has 0 saturated heterocycles. The van der Waals surface area contributed by atoms with E-state index in [9.17, 15) is 0 Å². The van der Waals surface area contributed by atoms with Crippen LogP contribution in [0.3, 0.4) is 0 Å². The molecule has 1 saturated carbocycles. The fraction of sp³-hybridized carbons (Fsp3) is 0.667. The second kappa shape index (κ2) is 5.70. The van der Waals surface area contributed by atoms with Gasteiger partial charge in [0, 0.05) is 12.6 Å². The minimum atomic E-state index is 0.263. The Labute approximate surface area is 102 Å². The molecule has 1 fully saturated rings. The third kappa shape index (κ3) is 3.47. The van der Waals surface area contributed by atoms with Crippen molar-refractivity contribution in [3.8, 4) is 5.88 Å². The first kappa shape index (κ1) is 12.0. The van der Waals surface area contributed by atoms with E-state index < -0.39 is 0 Å². The zero-order chi connectivity index (χ0) is 12.1. The van der Waals surface area contributed by atoms with Gasteiger partial charge in [-0.2, -0.15) is 9.97 Å². The molecule has 94 valence electrons. The molecule has 0 atom stereocenters. The Hall–Kier alpha value is -1.52. The lowest BCUT2D eigenvalue weighted by molar-refractivity contribution is 0.201. The second-order valence-corrected chi connectivity index (χ2v) is 4.40. The van der Waals surface area contributed by atoms with Crippen molar-refractivity contribution in [3.63, 3.8) is 0 Å². The Balaban J connectivity index is 2.02. The van der Waals surface area contributed by atoms with E-state index in [1.807, 2.05) is 6.07 Å². The van der Waals surface area contributed by atoms with Gasteiger partial charge in [-0.25, -0.2) is 0 Å². The lowest BCUT2D eigenvalue weighted by atomic mass is 10.3. The molecule has 5 nitrogen and oxygen atoms in total. The van der Waals surface area contributed by atoms with E-state index in [1.165, 1.54) is 12.8 Å². The highest BCUT2D eigenvalue weighted by Gasteiger charge is 2.17. The van der Waals surface area contributed by atoms with E-state index in [2.05, 4.69) is 22.2 Å². The number of rotatable bonds is 5. The van der Waals surface area contributed by atoms with Gasteiger partial charge < -0.3 is 15.8 Å². The topological polar surface area (TPSA) is 73.1 Å².